The van der Waals surface area contributed by atoms with Crippen molar-refractivity contribution in [1.82, 2.24) is 18.8 Å². The van der Waals surface area contributed by atoms with E-state index in [4.69, 9.17) is 4.42 Å². The van der Waals surface area contributed by atoms with E-state index in [1.165, 1.54) is 4.31 Å². The molecule has 0 atom stereocenters. The molecule has 2 aromatic heterocycles. The smallest absolute Gasteiger partial charge is 0.243 e. The number of sulfonamides is 1. The summed E-state index contributed by atoms with van der Waals surface area (Å²) in [5.41, 5.74) is 1.53. The molecule has 4 rings (SSSR count). The summed E-state index contributed by atoms with van der Waals surface area (Å²) in [5, 5.41) is 0. The Bertz CT molecular complexity index is 1010. The largest absolute Gasteiger partial charge is 0.449 e. The normalized spacial score (nSPS) is 15.9. The van der Waals surface area contributed by atoms with Crippen molar-refractivity contribution >= 4 is 10.0 Å². The van der Waals surface area contributed by atoms with Gasteiger partial charge in [-0.05, 0) is 19.1 Å². The van der Waals surface area contributed by atoms with Gasteiger partial charge in [-0.2, -0.15) is 4.31 Å². The third-order valence-corrected chi connectivity index (χ3v) is 6.55. The zero-order chi connectivity index (χ0) is 18.3. The van der Waals surface area contributed by atoms with Gasteiger partial charge in [0, 0.05) is 50.4 Å². The molecule has 3 aromatic rings. The van der Waals surface area contributed by atoms with Crippen LogP contribution < -0.4 is 0 Å². The molecule has 0 amide bonds. The average molecular weight is 372 g/mol. The highest BCUT2D eigenvalue weighted by molar-refractivity contribution is 7.89. The molecule has 26 heavy (non-hydrogen) atoms. The van der Waals surface area contributed by atoms with Crippen molar-refractivity contribution in [2.45, 2.75) is 25.3 Å². The highest BCUT2D eigenvalue weighted by Gasteiger charge is 2.36. The number of rotatable bonds is 5. The number of aromatic nitrogens is 3. The van der Waals surface area contributed by atoms with Crippen molar-refractivity contribution in [3.05, 3.63) is 54.6 Å². The Kier molecular flexibility index (Phi) is 4.16. The summed E-state index contributed by atoms with van der Waals surface area (Å²) >= 11 is 0. The number of oxazole rings is 1. The molecule has 8 heteroatoms. The van der Waals surface area contributed by atoms with Crippen molar-refractivity contribution in [1.29, 1.82) is 0 Å². The molecule has 0 aliphatic carbocycles. The summed E-state index contributed by atoms with van der Waals surface area (Å²) in [6.45, 7) is 5.58. The van der Waals surface area contributed by atoms with E-state index < -0.39 is 10.0 Å². The summed E-state index contributed by atoms with van der Waals surface area (Å²) < 4.78 is 34.3. The molecule has 1 aromatic carbocycles. The van der Waals surface area contributed by atoms with Crippen LogP contribution in [-0.4, -0.2) is 40.3 Å². The maximum absolute atomic E-state index is 12.8. The summed E-state index contributed by atoms with van der Waals surface area (Å²) in [7, 11) is -3.45. The number of imidazole rings is 1. The van der Waals surface area contributed by atoms with E-state index in [0.29, 0.717) is 35.5 Å². The van der Waals surface area contributed by atoms with Gasteiger partial charge in [0.05, 0.1) is 4.90 Å². The molecule has 1 aliphatic heterocycles. The monoisotopic (exact) mass is 372 g/mol. The number of hydrogen-bond donors (Lipinski definition) is 0. The van der Waals surface area contributed by atoms with E-state index in [2.05, 4.69) is 14.5 Å². The molecule has 0 unspecified atom stereocenters. The Hall–Kier alpha value is -2.45. The molecule has 1 fully saturated rings. The van der Waals surface area contributed by atoms with Crippen LogP contribution in [0, 0.1) is 19.8 Å². The molecule has 0 bridgehead atoms. The van der Waals surface area contributed by atoms with Gasteiger partial charge in [-0.3, -0.25) is 0 Å². The average Bonchev–Trinajstić information content (AvgIpc) is 3.19. The van der Waals surface area contributed by atoms with Crippen molar-refractivity contribution in [2.24, 2.45) is 5.92 Å². The van der Waals surface area contributed by atoms with Gasteiger partial charge < -0.3 is 8.98 Å². The lowest BCUT2D eigenvalue weighted by Crippen LogP contribution is -2.51. The van der Waals surface area contributed by atoms with Gasteiger partial charge in [-0.25, -0.2) is 18.4 Å². The van der Waals surface area contributed by atoms with Crippen LogP contribution in [0.4, 0.5) is 0 Å². The maximum atomic E-state index is 12.8. The van der Waals surface area contributed by atoms with Crippen LogP contribution in [0.15, 0.2) is 52.2 Å². The van der Waals surface area contributed by atoms with Crippen LogP contribution in [0.5, 0.6) is 0 Å². The quantitative estimate of drug-likeness (QED) is 0.687. The van der Waals surface area contributed by atoms with Crippen LogP contribution in [0.1, 0.15) is 11.7 Å². The van der Waals surface area contributed by atoms with Gasteiger partial charge in [-0.15, -0.1) is 0 Å². The Morgan fingerprint density at radius 1 is 1.19 bits per heavy atom. The Morgan fingerprint density at radius 2 is 1.92 bits per heavy atom. The van der Waals surface area contributed by atoms with Crippen molar-refractivity contribution in [2.75, 3.05) is 13.1 Å². The van der Waals surface area contributed by atoms with Crippen LogP contribution >= 0.6 is 0 Å². The number of nitrogens with zero attached hydrogens (tertiary/aromatic N) is 4. The van der Waals surface area contributed by atoms with Gasteiger partial charge in [0.25, 0.3) is 0 Å². The third-order valence-electron chi connectivity index (χ3n) is 4.71. The summed E-state index contributed by atoms with van der Waals surface area (Å²) in [6.07, 6.45) is 5.26. The Labute approximate surface area is 152 Å². The molecule has 0 spiro atoms. The first-order valence-electron chi connectivity index (χ1n) is 8.44. The van der Waals surface area contributed by atoms with E-state index in [-0.39, 0.29) is 0 Å². The molecule has 1 aliphatic rings. The van der Waals surface area contributed by atoms with E-state index in [1.807, 2.05) is 13.1 Å². The predicted molar refractivity (Wildman–Crippen MR) is 95.9 cm³/mol. The standard InChI is InChI=1S/C18H20N4O3S/c1-13-19-7-8-21(13)9-15-10-22(11-15)26(23,24)17-5-3-16(4-6-17)18-12-25-14(2)20-18/h3-8,12,15H,9-11H2,1-2H3. The first-order valence-corrected chi connectivity index (χ1v) is 9.88. The second-order valence-corrected chi connectivity index (χ2v) is 8.53. The highest BCUT2D eigenvalue weighted by atomic mass is 32.2. The summed E-state index contributed by atoms with van der Waals surface area (Å²) in [4.78, 5) is 8.76. The van der Waals surface area contributed by atoms with E-state index >= 15 is 0 Å². The SMILES string of the molecule is Cc1nc(-c2ccc(S(=O)(=O)N3CC(Cn4ccnc4C)C3)cc2)co1. The van der Waals surface area contributed by atoms with Crippen LogP contribution in [0.3, 0.4) is 0 Å². The van der Waals surface area contributed by atoms with Crippen LogP contribution in [-0.2, 0) is 16.6 Å². The van der Waals surface area contributed by atoms with Gasteiger partial charge in [-0.1, -0.05) is 12.1 Å². The van der Waals surface area contributed by atoms with Crippen molar-refractivity contribution < 1.29 is 12.8 Å². The lowest BCUT2D eigenvalue weighted by molar-refractivity contribution is 0.179. The van der Waals surface area contributed by atoms with E-state index in [0.717, 1.165) is 17.9 Å². The minimum atomic E-state index is -3.45. The number of benzene rings is 1. The molecular formula is C18H20N4O3S. The number of aryl methyl sites for hydroxylation is 2. The Balaban J connectivity index is 1.43. The van der Waals surface area contributed by atoms with Gasteiger partial charge >= 0.3 is 0 Å². The molecule has 0 N–H and O–H groups in total. The zero-order valence-electron chi connectivity index (χ0n) is 14.7. The van der Waals surface area contributed by atoms with Crippen LogP contribution in [0.2, 0.25) is 0 Å². The van der Waals surface area contributed by atoms with Gasteiger partial charge in [0.1, 0.15) is 17.8 Å². The molecular weight excluding hydrogens is 352 g/mol. The first-order chi connectivity index (χ1) is 12.4. The second kappa shape index (κ2) is 6.37. The second-order valence-electron chi connectivity index (χ2n) is 6.59. The van der Waals surface area contributed by atoms with Crippen LogP contribution in [0.25, 0.3) is 11.3 Å². The summed E-state index contributed by atoms with van der Waals surface area (Å²) in [6, 6.07) is 6.77. The Morgan fingerprint density at radius 3 is 2.50 bits per heavy atom. The molecule has 0 saturated carbocycles. The van der Waals surface area contributed by atoms with E-state index in [1.54, 1.807) is 43.6 Å². The molecule has 136 valence electrons. The highest BCUT2D eigenvalue weighted by Crippen LogP contribution is 2.28. The maximum Gasteiger partial charge on any atom is 0.243 e. The fourth-order valence-corrected chi connectivity index (χ4v) is 4.74. The molecule has 3 heterocycles. The number of hydrogen-bond acceptors (Lipinski definition) is 5. The fraction of sp³-hybridized carbons (Fsp3) is 0.333. The molecule has 7 nitrogen and oxygen atoms in total. The van der Waals surface area contributed by atoms with Gasteiger partial charge in [0.15, 0.2) is 5.89 Å². The lowest BCUT2D eigenvalue weighted by atomic mass is 10.0. The first kappa shape index (κ1) is 17.0. The predicted octanol–water partition coefficient (Wildman–Crippen LogP) is 2.48. The topological polar surface area (TPSA) is 81.2 Å². The van der Waals surface area contributed by atoms with Crippen molar-refractivity contribution in [3.8, 4) is 11.3 Å². The van der Waals surface area contributed by atoms with E-state index in [9.17, 15) is 8.42 Å². The van der Waals surface area contributed by atoms with Gasteiger partial charge in [0.2, 0.25) is 10.0 Å². The lowest BCUT2D eigenvalue weighted by Gasteiger charge is -2.38. The fourth-order valence-electron chi connectivity index (χ4n) is 3.15. The minimum Gasteiger partial charge on any atom is -0.449 e. The van der Waals surface area contributed by atoms with Crippen molar-refractivity contribution in [3.63, 3.8) is 0 Å². The summed E-state index contributed by atoms with van der Waals surface area (Å²) in [5.74, 6) is 1.84. The molecule has 0 radical (unpaired) electrons. The zero-order valence-corrected chi connectivity index (χ0v) is 15.5. The minimum absolute atomic E-state index is 0.304. The third kappa shape index (κ3) is 3.06. The molecule has 1 saturated heterocycles.